The van der Waals surface area contributed by atoms with E-state index in [1.807, 2.05) is 42.0 Å². The topological polar surface area (TPSA) is 78.9 Å². The number of fused-ring (bicyclic) bond motifs is 1. The zero-order valence-electron chi connectivity index (χ0n) is 21.1. The number of hydrogen-bond donors (Lipinski definition) is 2. The summed E-state index contributed by atoms with van der Waals surface area (Å²) in [5, 5.41) is 12.2. The Balaban J connectivity index is 1.50. The quantitative estimate of drug-likeness (QED) is 0.333. The summed E-state index contributed by atoms with van der Waals surface area (Å²) in [7, 11) is 0. The summed E-state index contributed by atoms with van der Waals surface area (Å²) < 4.78 is 47.1. The first-order valence-corrected chi connectivity index (χ1v) is 12.6. The molecule has 9 heteroatoms. The van der Waals surface area contributed by atoms with Gasteiger partial charge in [0.25, 0.3) is 0 Å². The van der Waals surface area contributed by atoms with Gasteiger partial charge in [0.15, 0.2) is 5.94 Å². The van der Waals surface area contributed by atoms with Crippen molar-refractivity contribution >= 4 is 11.9 Å². The van der Waals surface area contributed by atoms with E-state index in [1.54, 1.807) is 12.3 Å². The van der Waals surface area contributed by atoms with Gasteiger partial charge < -0.3 is 20.1 Å². The lowest BCUT2D eigenvalue weighted by Gasteiger charge is -2.35. The highest BCUT2D eigenvalue weighted by Gasteiger charge is 2.42. The second-order valence-electron chi connectivity index (χ2n) is 10.1. The minimum Gasteiger partial charge on any atom is -0.481 e. The Bertz CT molecular complexity index is 1220. The minimum absolute atomic E-state index is 0.0191. The summed E-state index contributed by atoms with van der Waals surface area (Å²) >= 11 is 0. The van der Waals surface area contributed by atoms with Crippen molar-refractivity contribution in [3.63, 3.8) is 0 Å². The van der Waals surface area contributed by atoms with E-state index in [9.17, 15) is 27.9 Å². The van der Waals surface area contributed by atoms with Crippen molar-refractivity contribution < 1.29 is 32.6 Å². The number of aliphatic carboxylic acids is 1. The van der Waals surface area contributed by atoms with Crippen LogP contribution in [-0.4, -0.2) is 47.2 Å². The number of ether oxygens (including phenoxy) is 1. The molecule has 0 bridgehead atoms. The number of alkyl halides is 3. The summed E-state index contributed by atoms with van der Waals surface area (Å²) in [4.78, 5) is 25.1. The van der Waals surface area contributed by atoms with Gasteiger partial charge >= 0.3 is 12.1 Å². The number of nitrogens with one attached hydrogen (secondary N) is 1. The lowest BCUT2D eigenvalue weighted by atomic mass is 9.81. The first kappa shape index (κ1) is 27.3. The normalized spacial score (nSPS) is 24.6. The molecular formula is C29H31F3N2O4. The molecule has 0 amide bonds. The van der Waals surface area contributed by atoms with Gasteiger partial charge in [-0.15, -0.1) is 0 Å². The number of benzene rings is 1. The molecule has 3 aliphatic rings. The predicted octanol–water partition coefficient (Wildman–Crippen LogP) is 5.33. The number of carboxylic acid groups (broad SMARTS) is 1. The predicted molar refractivity (Wildman–Crippen MR) is 137 cm³/mol. The molecule has 1 aromatic carbocycles. The zero-order valence-corrected chi connectivity index (χ0v) is 21.1. The van der Waals surface area contributed by atoms with Crippen molar-refractivity contribution in [3.05, 3.63) is 83.4 Å². The summed E-state index contributed by atoms with van der Waals surface area (Å²) in [6, 6.07) is 6.88. The van der Waals surface area contributed by atoms with Gasteiger partial charge in [-0.25, -0.2) is 4.79 Å². The Morgan fingerprint density at radius 2 is 1.95 bits per heavy atom. The highest BCUT2D eigenvalue weighted by molar-refractivity contribution is 5.70. The molecule has 2 unspecified atom stereocenters. The van der Waals surface area contributed by atoms with E-state index in [-0.39, 0.29) is 29.7 Å². The molecule has 1 heterocycles. The number of rotatable bonds is 9. The molecule has 4 rings (SSSR count). The fourth-order valence-electron chi connectivity index (χ4n) is 5.34. The van der Waals surface area contributed by atoms with Crippen LogP contribution in [-0.2, 0) is 9.59 Å². The van der Waals surface area contributed by atoms with Gasteiger partial charge in [-0.3, -0.25) is 4.79 Å². The molecule has 2 aliphatic carbocycles. The maximum atomic E-state index is 13.7. The number of hydrogen-bond acceptors (Lipinski definition) is 5. The number of halogens is 3. The number of allylic oxidation sites excluding steroid dienone is 2. The van der Waals surface area contributed by atoms with Gasteiger partial charge in [-0.2, -0.15) is 13.2 Å². The molecule has 1 aromatic rings. The number of aryl methyl sites for hydroxylation is 1. The Labute approximate surface area is 219 Å². The van der Waals surface area contributed by atoms with E-state index in [0.29, 0.717) is 43.7 Å². The van der Waals surface area contributed by atoms with Crippen LogP contribution in [0.25, 0.3) is 0 Å². The Kier molecular flexibility index (Phi) is 8.17. The molecule has 2 atom stereocenters. The highest BCUT2D eigenvalue weighted by Crippen LogP contribution is 2.41. The standard InChI is InChI=1S/C29H31F3N2O4/c1-18-5-3-4-6-26(18)38-19(2)16-34-12-11-22-13-23(29(30,31)32)14-24(27(22)34)25(17-35)33-15-20-7-9-21(10-8-20)28(36)37/h3-6,11-14,20-22,27,33H,2,7-10,15-16H2,1H3,(H,36,37). The third-order valence-corrected chi connectivity index (χ3v) is 7.41. The fraction of sp³-hybridized carbons (Fsp3) is 0.414. The lowest BCUT2D eigenvalue weighted by molar-refractivity contribution is -0.143. The smallest absolute Gasteiger partial charge is 0.416 e. The molecule has 1 saturated carbocycles. The molecule has 0 spiro atoms. The average molecular weight is 529 g/mol. The molecule has 1 aliphatic heterocycles. The summed E-state index contributed by atoms with van der Waals surface area (Å²) in [6.45, 7) is 6.47. The third-order valence-electron chi connectivity index (χ3n) is 7.41. The van der Waals surface area contributed by atoms with Gasteiger partial charge in [0.05, 0.1) is 24.1 Å². The minimum atomic E-state index is -4.57. The van der Waals surface area contributed by atoms with Gasteiger partial charge in [-0.1, -0.05) is 36.9 Å². The van der Waals surface area contributed by atoms with E-state index in [2.05, 4.69) is 11.9 Å². The van der Waals surface area contributed by atoms with Crippen LogP contribution < -0.4 is 10.1 Å². The number of para-hydroxylation sites is 1. The first-order valence-electron chi connectivity index (χ1n) is 12.6. The average Bonchev–Trinajstić information content (AvgIpc) is 3.28. The van der Waals surface area contributed by atoms with Crippen molar-refractivity contribution in [3.8, 4) is 5.75 Å². The fourth-order valence-corrected chi connectivity index (χ4v) is 5.34. The second-order valence-corrected chi connectivity index (χ2v) is 10.1. The first-order chi connectivity index (χ1) is 18.1. The van der Waals surface area contributed by atoms with E-state index in [1.165, 1.54) is 6.08 Å². The van der Waals surface area contributed by atoms with Gasteiger partial charge in [0, 0.05) is 18.0 Å². The number of carbonyl (C=O) groups is 1. The zero-order chi connectivity index (χ0) is 27.4. The monoisotopic (exact) mass is 528 g/mol. The summed E-state index contributed by atoms with van der Waals surface area (Å²) in [5.41, 5.74) is 0.293. The molecule has 6 nitrogen and oxygen atoms in total. The Hall–Kier alpha value is -3.71. The Morgan fingerprint density at radius 3 is 2.58 bits per heavy atom. The van der Waals surface area contributed by atoms with Crippen molar-refractivity contribution in [1.29, 1.82) is 0 Å². The number of carboxylic acids is 1. The molecule has 1 fully saturated rings. The molecule has 0 aromatic heterocycles. The van der Waals surface area contributed by atoms with E-state index in [4.69, 9.17) is 4.74 Å². The van der Waals surface area contributed by atoms with E-state index < -0.39 is 29.7 Å². The van der Waals surface area contributed by atoms with Crippen LogP contribution in [0.1, 0.15) is 31.2 Å². The number of nitrogens with zero attached hydrogens (tertiary/aromatic N) is 1. The van der Waals surface area contributed by atoms with E-state index >= 15 is 0 Å². The molecule has 2 N–H and O–H groups in total. The van der Waals surface area contributed by atoms with Crippen molar-refractivity contribution in [2.75, 3.05) is 13.1 Å². The van der Waals surface area contributed by atoms with Crippen molar-refractivity contribution in [2.24, 2.45) is 17.8 Å². The van der Waals surface area contributed by atoms with Gasteiger partial charge in [-0.05, 0) is 62.4 Å². The summed E-state index contributed by atoms with van der Waals surface area (Å²) in [5.74, 6) is 1.22. The van der Waals surface area contributed by atoms with Crippen LogP contribution in [0.15, 0.2) is 77.9 Å². The van der Waals surface area contributed by atoms with Crippen LogP contribution in [0.4, 0.5) is 13.2 Å². The molecule has 202 valence electrons. The summed E-state index contributed by atoms with van der Waals surface area (Å²) in [6.07, 6.45) is 3.41. The molecule has 38 heavy (non-hydrogen) atoms. The number of carbonyl (C=O) groups excluding carboxylic acids is 1. The van der Waals surface area contributed by atoms with Crippen LogP contribution >= 0.6 is 0 Å². The van der Waals surface area contributed by atoms with Gasteiger partial charge in [0.2, 0.25) is 0 Å². The molecule has 0 saturated heterocycles. The largest absolute Gasteiger partial charge is 0.481 e. The third kappa shape index (κ3) is 6.22. The van der Waals surface area contributed by atoms with Crippen LogP contribution in [0.2, 0.25) is 0 Å². The molecular weight excluding hydrogens is 497 g/mol. The van der Waals surface area contributed by atoms with Crippen LogP contribution in [0, 0.1) is 24.7 Å². The van der Waals surface area contributed by atoms with Gasteiger partial charge in [0.1, 0.15) is 17.2 Å². The maximum absolute atomic E-state index is 13.7. The molecule has 0 radical (unpaired) electrons. The second kappa shape index (κ2) is 11.4. The maximum Gasteiger partial charge on any atom is 0.416 e. The lowest BCUT2D eigenvalue weighted by Crippen LogP contribution is -2.40. The van der Waals surface area contributed by atoms with Crippen LogP contribution in [0.5, 0.6) is 5.75 Å². The van der Waals surface area contributed by atoms with Crippen molar-refractivity contribution in [2.45, 2.75) is 44.8 Å². The Morgan fingerprint density at radius 1 is 1.24 bits per heavy atom. The SMILES string of the molecule is C=C(CN1C=CC2C=C(C(F)(F)F)C=C(C(=C=O)NCC3CCC(C(=O)O)CC3)C21)Oc1ccccc1C. The highest BCUT2D eigenvalue weighted by atomic mass is 19.4. The van der Waals surface area contributed by atoms with Crippen molar-refractivity contribution in [1.82, 2.24) is 10.2 Å². The van der Waals surface area contributed by atoms with E-state index in [0.717, 1.165) is 11.6 Å². The van der Waals surface area contributed by atoms with Crippen LogP contribution in [0.3, 0.4) is 0 Å².